The number of nitrogens with zero attached hydrogens (tertiary/aromatic N) is 3. The van der Waals surface area contributed by atoms with Crippen LogP contribution < -0.4 is 4.90 Å². The lowest BCUT2D eigenvalue weighted by Crippen LogP contribution is -2.49. The molecular weight excluding hydrogens is 372 g/mol. The van der Waals surface area contributed by atoms with Crippen LogP contribution in [0.1, 0.15) is 21.6 Å². The highest BCUT2D eigenvalue weighted by molar-refractivity contribution is 6.30. The van der Waals surface area contributed by atoms with Gasteiger partial charge in [0.2, 0.25) is 0 Å². The fraction of sp³-hybridized carbons (Fsp3) is 0.273. The molecular formula is C22H23ClN4O. The van der Waals surface area contributed by atoms with Gasteiger partial charge < -0.3 is 9.80 Å². The standard InChI is InChI=1S/C22H23ClN4O/c1-15-6-7-16(2)21(12-15)26-8-10-27(11-9-26)22(28)20-14-19(24-25-20)17-4-3-5-18(23)13-17/h3-7,12-14H,8-11H2,1-2H3,(H,24,25). The Hall–Kier alpha value is -2.79. The number of hydrogen-bond acceptors (Lipinski definition) is 3. The number of amides is 1. The van der Waals surface area contributed by atoms with Gasteiger partial charge >= 0.3 is 0 Å². The number of aromatic amines is 1. The number of anilines is 1. The molecule has 0 atom stereocenters. The summed E-state index contributed by atoms with van der Waals surface area (Å²) in [6.07, 6.45) is 0. The predicted molar refractivity (Wildman–Crippen MR) is 113 cm³/mol. The third-order valence-corrected chi connectivity index (χ3v) is 5.44. The van der Waals surface area contributed by atoms with Crippen LogP contribution in [0.25, 0.3) is 11.3 Å². The van der Waals surface area contributed by atoms with Gasteiger partial charge in [-0.05, 0) is 49.2 Å². The van der Waals surface area contributed by atoms with Gasteiger partial charge in [-0.15, -0.1) is 0 Å². The van der Waals surface area contributed by atoms with E-state index in [0.717, 1.165) is 24.3 Å². The summed E-state index contributed by atoms with van der Waals surface area (Å²) in [5, 5.41) is 7.82. The van der Waals surface area contributed by atoms with Crippen LogP contribution >= 0.6 is 11.6 Å². The number of hydrogen-bond donors (Lipinski definition) is 1. The van der Waals surface area contributed by atoms with Crippen LogP contribution in [-0.2, 0) is 0 Å². The molecule has 1 aliphatic heterocycles. The second-order valence-electron chi connectivity index (χ2n) is 7.25. The van der Waals surface area contributed by atoms with E-state index in [4.69, 9.17) is 11.6 Å². The number of nitrogens with one attached hydrogen (secondary N) is 1. The lowest BCUT2D eigenvalue weighted by Gasteiger charge is -2.36. The Kier molecular flexibility index (Phi) is 5.09. The van der Waals surface area contributed by atoms with E-state index in [-0.39, 0.29) is 5.91 Å². The van der Waals surface area contributed by atoms with Gasteiger partial charge in [-0.25, -0.2) is 0 Å². The van der Waals surface area contributed by atoms with E-state index in [2.05, 4.69) is 47.1 Å². The third kappa shape index (κ3) is 3.76. The fourth-order valence-corrected chi connectivity index (χ4v) is 3.80. The minimum atomic E-state index is -0.0126. The number of benzene rings is 2. The molecule has 0 unspecified atom stereocenters. The average Bonchev–Trinajstić information content (AvgIpc) is 3.20. The molecule has 6 heteroatoms. The molecule has 0 aliphatic carbocycles. The number of H-pyrrole nitrogens is 1. The molecule has 0 bridgehead atoms. The number of carbonyl (C=O) groups is 1. The van der Waals surface area contributed by atoms with E-state index in [9.17, 15) is 4.79 Å². The van der Waals surface area contributed by atoms with Crippen LogP contribution in [0.2, 0.25) is 5.02 Å². The Bertz CT molecular complexity index is 1010. The van der Waals surface area contributed by atoms with Crippen LogP contribution in [-0.4, -0.2) is 47.2 Å². The van der Waals surface area contributed by atoms with Crippen molar-refractivity contribution in [3.8, 4) is 11.3 Å². The van der Waals surface area contributed by atoms with Crippen molar-refractivity contribution in [2.45, 2.75) is 13.8 Å². The number of halogens is 1. The van der Waals surface area contributed by atoms with Gasteiger partial charge in [-0.2, -0.15) is 5.10 Å². The highest BCUT2D eigenvalue weighted by atomic mass is 35.5. The molecule has 1 saturated heterocycles. The molecule has 0 radical (unpaired) electrons. The highest BCUT2D eigenvalue weighted by Gasteiger charge is 2.24. The van der Waals surface area contributed by atoms with E-state index in [0.29, 0.717) is 23.8 Å². The van der Waals surface area contributed by atoms with Crippen molar-refractivity contribution in [2.24, 2.45) is 0 Å². The summed E-state index contributed by atoms with van der Waals surface area (Å²) in [4.78, 5) is 17.1. The van der Waals surface area contributed by atoms with Crippen LogP contribution in [0, 0.1) is 13.8 Å². The van der Waals surface area contributed by atoms with Gasteiger partial charge in [-0.1, -0.05) is 35.9 Å². The molecule has 1 N–H and O–H groups in total. The van der Waals surface area contributed by atoms with E-state index >= 15 is 0 Å². The predicted octanol–water partition coefficient (Wildman–Crippen LogP) is 4.31. The number of rotatable bonds is 3. The molecule has 1 amide bonds. The monoisotopic (exact) mass is 394 g/mol. The van der Waals surface area contributed by atoms with Crippen LogP contribution in [0.5, 0.6) is 0 Å². The summed E-state index contributed by atoms with van der Waals surface area (Å²) in [7, 11) is 0. The van der Waals surface area contributed by atoms with Crippen molar-refractivity contribution in [3.63, 3.8) is 0 Å². The highest BCUT2D eigenvalue weighted by Crippen LogP contribution is 2.24. The summed E-state index contributed by atoms with van der Waals surface area (Å²) in [6, 6.07) is 15.8. The summed E-state index contributed by atoms with van der Waals surface area (Å²) >= 11 is 6.05. The van der Waals surface area contributed by atoms with Gasteiger partial charge in [0.1, 0.15) is 5.69 Å². The van der Waals surface area contributed by atoms with Crippen LogP contribution in [0.3, 0.4) is 0 Å². The largest absolute Gasteiger partial charge is 0.368 e. The Labute approximate surface area is 169 Å². The average molecular weight is 395 g/mol. The molecule has 1 fully saturated rings. The number of aromatic nitrogens is 2. The van der Waals surface area contributed by atoms with Crippen molar-refractivity contribution in [3.05, 3.63) is 70.4 Å². The first-order valence-corrected chi connectivity index (χ1v) is 9.82. The zero-order valence-electron chi connectivity index (χ0n) is 16.1. The first-order chi connectivity index (χ1) is 13.5. The van der Waals surface area contributed by atoms with E-state index in [1.165, 1.54) is 16.8 Å². The number of aryl methyl sites for hydroxylation is 2. The summed E-state index contributed by atoms with van der Waals surface area (Å²) in [5.74, 6) is -0.0126. The molecule has 5 nitrogen and oxygen atoms in total. The minimum Gasteiger partial charge on any atom is -0.368 e. The van der Waals surface area contributed by atoms with E-state index < -0.39 is 0 Å². The SMILES string of the molecule is Cc1ccc(C)c(N2CCN(C(=O)c3cc(-c4cccc(Cl)c4)n[nH]3)CC2)c1. The number of piperazine rings is 1. The first kappa shape index (κ1) is 18.6. The molecule has 1 aliphatic rings. The second-order valence-corrected chi connectivity index (χ2v) is 7.68. The van der Waals surface area contributed by atoms with Gasteiger partial charge in [0.05, 0.1) is 5.69 Å². The molecule has 0 spiro atoms. The molecule has 1 aromatic heterocycles. The first-order valence-electron chi connectivity index (χ1n) is 9.44. The maximum atomic E-state index is 12.9. The second kappa shape index (κ2) is 7.68. The van der Waals surface area contributed by atoms with Crippen molar-refractivity contribution >= 4 is 23.2 Å². The van der Waals surface area contributed by atoms with Gasteiger partial charge in [-0.3, -0.25) is 9.89 Å². The smallest absolute Gasteiger partial charge is 0.272 e. The van der Waals surface area contributed by atoms with Gasteiger partial charge in [0.15, 0.2) is 0 Å². The maximum Gasteiger partial charge on any atom is 0.272 e. The van der Waals surface area contributed by atoms with Crippen molar-refractivity contribution in [2.75, 3.05) is 31.1 Å². The van der Waals surface area contributed by atoms with E-state index in [1.54, 1.807) is 6.07 Å². The van der Waals surface area contributed by atoms with Crippen LogP contribution in [0.15, 0.2) is 48.5 Å². The number of carbonyl (C=O) groups excluding carboxylic acids is 1. The molecule has 144 valence electrons. The molecule has 28 heavy (non-hydrogen) atoms. The Morgan fingerprint density at radius 1 is 1.04 bits per heavy atom. The molecule has 3 aromatic rings. The molecule has 2 aromatic carbocycles. The molecule has 2 heterocycles. The zero-order chi connectivity index (χ0) is 19.7. The third-order valence-electron chi connectivity index (χ3n) is 5.20. The zero-order valence-corrected chi connectivity index (χ0v) is 16.8. The Morgan fingerprint density at radius 3 is 2.57 bits per heavy atom. The van der Waals surface area contributed by atoms with Crippen molar-refractivity contribution in [1.82, 2.24) is 15.1 Å². The summed E-state index contributed by atoms with van der Waals surface area (Å²) in [5.41, 5.74) is 5.91. The van der Waals surface area contributed by atoms with E-state index in [1.807, 2.05) is 29.2 Å². The van der Waals surface area contributed by atoms with Gasteiger partial charge in [0, 0.05) is 42.5 Å². The maximum absolute atomic E-state index is 12.9. The summed E-state index contributed by atoms with van der Waals surface area (Å²) < 4.78 is 0. The summed E-state index contributed by atoms with van der Waals surface area (Å²) in [6.45, 7) is 7.28. The quantitative estimate of drug-likeness (QED) is 0.720. The Morgan fingerprint density at radius 2 is 1.82 bits per heavy atom. The normalized spacial score (nSPS) is 14.4. The van der Waals surface area contributed by atoms with Crippen molar-refractivity contribution < 1.29 is 4.79 Å². The lowest BCUT2D eigenvalue weighted by molar-refractivity contribution is 0.0741. The molecule has 4 rings (SSSR count). The van der Waals surface area contributed by atoms with Crippen LogP contribution in [0.4, 0.5) is 5.69 Å². The fourth-order valence-electron chi connectivity index (χ4n) is 3.61. The topological polar surface area (TPSA) is 52.2 Å². The molecule has 0 saturated carbocycles. The Balaban J connectivity index is 1.44. The van der Waals surface area contributed by atoms with Gasteiger partial charge in [0.25, 0.3) is 5.91 Å². The lowest BCUT2D eigenvalue weighted by atomic mass is 10.1. The van der Waals surface area contributed by atoms with Crippen molar-refractivity contribution in [1.29, 1.82) is 0 Å². The minimum absolute atomic E-state index is 0.0126.